The van der Waals surface area contributed by atoms with Crippen LogP contribution >= 0.6 is 34.9 Å². The van der Waals surface area contributed by atoms with E-state index in [2.05, 4.69) is 22.0 Å². The summed E-state index contributed by atoms with van der Waals surface area (Å²) in [6.45, 7) is 4.61. The third-order valence-corrected chi connectivity index (χ3v) is 7.35. The molecule has 5 nitrogen and oxygen atoms in total. The molecule has 0 spiro atoms. The summed E-state index contributed by atoms with van der Waals surface area (Å²) in [5, 5.41) is 5.90. The van der Waals surface area contributed by atoms with Crippen molar-refractivity contribution in [2.24, 2.45) is 5.73 Å². The average molecular weight is 328 g/mol. The van der Waals surface area contributed by atoms with Gasteiger partial charge in [-0.15, -0.1) is 23.1 Å². The standard InChI is InChI=1S/C12H16N4OS3/c1-6-9(20-8(5-13)14-6)12-15-11(16-17-12)10-7(2)18-3-4-19-10/h7,10H,3-5,13H2,1-2H3. The van der Waals surface area contributed by atoms with Crippen molar-refractivity contribution in [1.82, 2.24) is 15.1 Å². The summed E-state index contributed by atoms with van der Waals surface area (Å²) in [6.07, 6.45) is 0. The number of aromatic nitrogens is 3. The lowest BCUT2D eigenvalue weighted by Gasteiger charge is -2.24. The highest BCUT2D eigenvalue weighted by Gasteiger charge is 2.29. The summed E-state index contributed by atoms with van der Waals surface area (Å²) in [6, 6.07) is 0. The molecule has 1 fully saturated rings. The van der Waals surface area contributed by atoms with Gasteiger partial charge in [0.15, 0.2) is 5.82 Å². The van der Waals surface area contributed by atoms with Crippen LogP contribution in [0.15, 0.2) is 4.52 Å². The number of aryl methyl sites for hydroxylation is 1. The second kappa shape index (κ2) is 6.05. The van der Waals surface area contributed by atoms with E-state index in [1.54, 1.807) is 0 Å². The summed E-state index contributed by atoms with van der Waals surface area (Å²) in [5.41, 5.74) is 6.53. The number of nitrogens with two attached hydrogens (primary N) is 1. The molecule has 2 aromatic heterocycles. The summed E-state index contributed by atoms with van der Waals surface area (Å²) >= 11 is 5.41. The van der Waals surface area contributed by atoms with Crippen molar-refractivity contribution in [2.75, 3.05) is 11.5 Å². The molecule has 0 saturated carbocycles. The van der Waals surface area contributed by atoms with Gasteiger partial charge in [-0.05, 0) is 6.92 Å². The molecular weight excluding hydrogens is 312 g/mol. The summed E-state index contributed by atoms with van der Waals surface area (Å²) in [4.78, 5) is 9.91. The Morgan fingerprint density at radius 3 is 2.80 bits per heavy atom. The molecule has 1 aliphatic rings. The highest BCUT2D eigenvalue weighted by atomic mass is 32.2. The van der Waals surface area contributed by atoms with E-state index in [1.807, 2.05) is 30.4 Å². The van der Waals surface area contributed by atoms with Gasteiger partial charge >= 0.3 is 0 Å². The number of thiazole rings is 1. The van der Waals surface area contributed by atoms with Gasteiger partial charge < -0.3 is 10.3 Å². The first-order valence-electron chi connectivity index (χ1n) is 6.42. The number of hydrogen-bond donors (Lipinski definition) is 1. The van der Waals surface area contributed by atoms with Gasteiger partial charge in [-0.1, -0.05) is 12.1 Å². The molecular formula is C12H16N4OS3. The van der Waals surface area contributed by atoms with Gasteiger partial charge in [0.1, 0.15) is 9.88 Å². The maximum absolute atomic E-state index is 5.63. The minimum atomic E-state index is 0.313. The molecule has 2 aromatic rings. The molecule has 0 aliphatic carbocycles. The minimum absolute atomic E-state index is 0.313. The fraction of sp³-hybridized carbons (Fsp3) is 0.583. The maximum Gasteiger partial charge on any atom is 0.269 e. The van der Waals surface area contributed by atoms with Crippen molar-refractivity contribution in [3.63, 3.8) is 0 Å². The number of rotatable bonds is 3. The van der Waals surface area contributed by atoms with Crippen LogP contribution in [-0.4, -0.2) is 31.9 Å². The largest absolute Gasteiger partial charge is 0.333 e. The molecule has 2 unspecified atom stereocenters. The second-order valence-electron chi connectivity index (χ2n) is 4.55. The van der Waals surface area contributed by atoms with E-state index in [-0.39, 0.29) is 0 Å². The molecule has 3 rings (SSSR count). The van der Waals surface area contributed by atoms with Crippen LogP contribution < -0.4 is 5.73 Å². The molecule has 0 aromatic carbocycles. The van der Waals surface area contributed by atoms with Gasteiger partial charge in [-0.2, -0.15) is 16.7 Å². The van der Waals surface area contributed by atoms with Crippen LogP contribution in [-0.2, 0) is 6.54 Å². The quantitative estimate of drug-likeness (QED) is 0.928. The molecule has 3 heterocycles. The van der Waals surface area contributed by atoms with Crippen molar-refractivity contribution < 1.29 is 4.52 Å². The molecule has 8 heteroatoms. The van der Waals surface area contributed by atoms with Gasteiger partial charge in [0.25, 0.3) is 5.89 Å². The first-order chi connectivity index (χ1) is 9.69. The zero-order valence-electron chi connectivity index (χ0n) is 11.3. The van der Waals surface area contributed by atoms with Gasteiger partial charge in [-0.3, -0.25) is 0 Å². The highest BCUT2D eigenvalue weighted by Crippen LogP contribution is 2.42. The summed E-state index contributed by atoms with van der Waals surface area (Å²) < 4.78 is 5.44. The third kappa shape index (κ3) is 2.74. The first kappa shape index (κ1) is 14.4. The Labute approximate surface area is 130 Å². The van der Waals surface area contributed by atoms with Crippen LogP contribution in [0.2, 0.25) is 0 Å². The Morgan fingerprint density at radius 1 is 1.30 bits per heavy atom. The van der Waals surface area contributed by atoms with E-state index in [4.69, 9.17) is 10.3 Å². The SMILES string of the molecule is Cc1nc(CN)sc1-c1nc(C2SCCSC2C)no1. The van der Waals surface area contributed by atoms with Gasteiger partial charge in [-0.25, -0.2) is 4.98 Å². The third-order valence-electron chi connectivity index (χ3n) is 3.09. The lowest BCUT2D eigenvalue weighted by atomic mass is 10.3. The topological polar surface area (TPSA) is 77.8 Å². The van der Waals surface area contributed by atoms with E-state index >= 15 is 0 Å². The highest BCUT2D eigenvalue weighted by molar-refractivity contribution is 8.06. The lowest BCUT2D eigenvalue weighted by Crippen LogP contribution is -2.16. The molecule has 0 amide bonds. The predicted octanol–water partition coefficient (Wildman–Crippen LogP) is 2.87. The first-order valence-corrected chi connectivity index (χ1v) is 9.34. The van der Waals surface area contributed by atoms with Crippen LogP contribution in [0.5, 0.6) is 0 Å². The zero-order valence-corrected chi connectivity index (χ0v) is 13.8. The van der Waals surface area contributed by atoms with E-state index in [0.717, 1.165) is 27.2 Å². The Kier molecular flexibility index (Phi) is 4.34. The Balaban J connectivity index is 1.87. The van der Waals surface area contributed by atoms with Crippen LogP contribution in [0, 0.1) is 6.92 Å². The lowest BCUT2D eigenvalue weighted by molar-refractivity contribution is 0.422. The van der Waals surface area contributed by atoms with Crippen LogP contribution in [0.1, 0.15) is 28.7 Å². The summed E-state index contributed by atoms with van der Waals surface area (Å²) in [7, 11) is 0. The molecule has 1 aliphatic heterocycles. The molecule has 20 heavy (non-hydrogen) atoms. The van der Waals surface area contributed by atoms with Crippen molar-refractivity contribution >= 4 is 34.9 Å². The van der Waals surface area contributed by atoms with Crippen LogP contribution in [0.4, 0.5) is 0 Å². The van der Waals surface area contributed by atoms with Gasteiger partial charge in [0.2, 0.25) is 0 Å². The smallest absolute Gasteiger partial charge is 0.269 e. The fourth-order valence-corrected chi connectivity index (χ4v) is 5.64. The molecule has 2 atom stereocenters. The van der Waals surface area contributed by atoms with Crippen molar-refractivity contribution in [1.29, 1.82) is 0 Å². The number of nitrogens with zero attached hydrogens (tertiary/aromatic N) is 3. The van der Waals surface area contributed by atoms with E-state index in [9.17, 15) is 0 Å². The van der Waals surface area contributed by atoms with E-state index in [0.29, 0.717) is 22.9 Å². The maximum atomic E-state index is 5.63. The molecule has 2 N–H and O–H groups in total. The molecule has 108 valence electrons. The van der Waals surface area contributed by atoms with Crippen molar-refractivity contribution in [2.45, 2.75) is 30.9 Å². The monoisotopic (exact) mass is 328 g/mol. The normalized spacial score (nSPS) is 23.1. The average Bonchev–Trinajstić information content (AvgIpc) is 3.05. The minimum Gasteiger partial charge on any atom is -0.333 e. The fourth-order valence-electron chi connectivity index (χ4n) is 2.10. The molecule has 0 radical (unpaired) electrons. The zero-order chi connectivity index (χ0) is 14.1. The van der Waals surface area contributed by atoms with Crippen molar-refractivity contribution in [3.05, 3.63) is 16.5 Å². The van der Waals surface area contributed by atoms with Gasteiger partial charge in [0.05, 0.1) is 10.9 Å². The number of hydrogen-bond acceptors (Lipinski definition) is 8. The van der Waals surface area contributed by atoms with E-state index < -0.39 is 0 Å². The van der Waals surface area contributed by atoms with Gasteiger partial charge in [0, 0.05) is 23.3 Å². The molecule has 1 saturated heterocycles. The van der Waals surface area contributed by atoms with E-state index in [1.165, 1.54) is 17.1 Å². The Bertz CT molecular complexity index is 597. The summed E-state index contributed by atoms with van der Waals surface area (Å²) in [5.74, 6) is 3.70. The van der Waals surface area contributed by atoms with Crippen LogP contribution in [0.25, 0.3) is 10.8 Å². The number of thioether (sulfide) groups is 2. The molecule has 0 bridgehead atoms. The Morgan fingerprint density at radius 2 is 2.10 bits per heavy atom. The van der Waals surface area contributed by atoms with Crippen LogP contribution in [0.3, 0.4) is 0 Å². The Hall–Kier alpha value is -0.570. The van der Waals surface area contributed by atoms with Crippen molar-refractivity contribution in [3.8, 4) is 10.8 Å². The predicted molar refractivity (Wildman–Crippen MR) is 85.2 cm³/mol. The second-order valence-corrected chi connectivity index (χ2v) is 8.37.